The van der Waals surface area contributed by atoms with Crippen LogP contribution in [-0.2, 0) is 9.53 Å². The van der Waals surface area contributed by atoms with Crippen LogP contribution in [0.4, 0.5) is 0 Å². The Labute approximate surface area is 201 Å². The number of nitrogens with zero attached hydrogens (tertiary/aromatic N) is 1. The van der Waals surface area contributed by atoms with E-state index in [0.29, 0.717) is 36.3 Å². The lowest BCUT2D eigenvalue weighted by atomic mass is 9.64. The number of carbonyl (C=O) groups excluding carboxylic acids is 1. The number of hydrogen-bond donors (Lipinski definition) is 1. The molecule has 1 aliphatic heterocycles. The average Bonchev–Trinajstić information content (AvgIpc) is 2.62. The van der Waals surface area contributed by atoms with Crippen LogP contribution >= 0.6 is 11.6 Å². The summed E-state index contributed by atoms with van der Waals surface area (Å²) in [5.74, 6) is 2.17. The van der Waals surface area contributed by atoms with E-state index in [-0.39, 0.29) is 35.8 Å². The largest absolute Gasteiger partial charge is 0.412 e. The summed E-state index contributed by atoms with van der Waals surface area (Å²) >= 11 is 6.33. The van der Waals surface area contributed by atoms with E-state index in [1.165, 1.54) is 32.1 Å². The van der Waals surface area contributed by atoms with Gasteiger partial charge in [0.25, 0.3) is 0 Å². The number of alkyl halides is 1. The molecule has 1 unspecified atom stereocenters. The first-order chi connectivity index (χ1) is 13.2. The third-order valence-corrected chi connectivity index (χ3v) is 7.38. The van der Waals surface area contributed by atoms with E-state index in [1.807, 2.05) is 6.92 Å². The minimum atomic E-state index is 0. The van der Waals surface area contributed by atoms with Crippen LogP contribution in [0, 0.1) is 23.2 Å². The summed E-state index contributed by atoms with van der Waals surface area (Å²) in [6.07, 6.45) is 6.69. The summed E-state index contributed by atoms with van der Waals surface area (Å²) in [7, 11) is 0. The molecule has 1 heterocycles. The zero-order valence-electron chi connectivity index (χ0n) is 20.3. The van der Waals surface area contributed by atoms with Crippen molar-refractivity contribution in [3.05, 3.63) is 0 Å². The SMILES string of the molecule is C.CCOCCC(=O)N[C@@H](CN1CCC(C2CCC(Cl)CC2)C(C)(C)C1)C(C)C.O.O.O. The monoisotopic (exact) mass is 484 g/mol. The average molecular weight is 485 g/mol. The van der Waals surface area contributed by atoms with Crippen LogP contribution in [0.5, 0.6) is 0 Å². The Morgan fingerprint density at radius 3 is 2.22 bits per heavy atom. The Morgan fingerprint density at radius 1 is 1.12 bits per heavy atom. The summed E-state index contributed by atoms with van der Waals surface area (Å²) in [5.41, 5.74) is 0.322. The van der Waals surface area contributed by atoms with Gasteiger partial charge in [-0.15, -0.1) is 11.6 Å². The lowest BCUT2D eigenvalue weighted by Crippen LogP contribution is -2.53. The second-order valence-corrected chi connectivity index (χ2v) is 10.6. The maximum absolute atomic E-state index is 12.3. The van der Waals surface area contributed by atoms with E-state index in [2.05, 4.69) is 37.9 Å². The minimum absolute atomic E-state index is 0. The summed E-state index contributed by atoms with van der Waals surface area (Å²) in [4.78, 5) is 14.8. The molecule has 196 valence electrons. The Balaban J connectivity index is -0.00000210. The number of amides is 1. The first kappa shape index (κ1) is 36.1. The van der Waals surface area contributed by atoms with Gasteiger partial charge < -0.3 is 31.4 Å². The zero-order chi connectivity index (χ0) is 20.7. The number of ether oxygens (including phenoxy) is 1. The van der Waals surface area contributed by atoms with Crippen molar-refractivity contribution in [2.24, 2.45) is 23.2 Å². The number of halogens is 1. The van der Waals surface area contributed by atoms with Crippen molar-refractivity contribution >= 4 is 17.5 Å². The first-order valence-corrected chi connectivity index (χ1v) is 11.9. The normalized spacial score (nSPS) is 25.9. The Kier molecular flexibility index (Phi) is 19.3. The quantitative estimate of drug-likeness (QED) is 0.397. The van der Waals surface area contributed by atoms with Gasteiger partial charge in [0.15, 0.2) is 0 Å². The Bertz CT molecular complexity index is 485. The van der Waals surface area contributed by atoms with E-state index >= 15 is 0 Å². The van der Waals surface area contributed by atoms with E-state index in [9.17, 15) is 4.79 Å². The van der Waals surface area contributed by atoms with Gasteiger partial charge >= 0.3 is 0 Å². The van der Waals surface area contributed by atoms with E-state index in [0.717, 1.165) is 31.5 Å². The van der Waals surface area contributed by atoms with Gasteiger partial charge in [0.1, 0.15) is 0 Å². The minimum Gasteiger partial charge on any atom is -0.412 e. The standard InChI is InChI=1S/C23H43ClN2O2.CH4.3H2O/c1-6-28-14-12-22(27)25-21(17(2)3)15-26-13-11-20(23(4,5)16-26)18-7-9-19(24)10-8-18;;;;/h17-21H,6-16H2,1-5H3,(H,25,27);1H4;3*1H2/t18?,19?,20?,21-;;;;/m0..../s1. The highest BCUT2D eigenvalue weighted by atomic mass is 35.5. The van der Waals surface area contributed by atoms with Gasteiger partial charge in [-0.3, -0.25) is 4.79 Å². The van der Waals surface area contributed by atoms with Gasteiger partial charge in [0.2, 0.25) is 5.91 Å². The molecule has 0 aromatic rings. The summed E-state index contributed by atoms with van der Waals surface area (Å²) in [6.45, 7) is 15.6. The maximum atomic E-state index is 12.3. The lowest BCUT2D eigenvalue weighted by Gasteiger charge is -2.49. The number of rotatable bonds is 9. The predicted molar refractivity (Wildman–Crippen MR) is 135 cm³/mol. The second-order valence-electron chi connectivity index (χ2n) is 10.00. The van der Waals surface area contributed by atoms with Crippen molar-refractivity contribution in [2.45, 2.75) is 92.0 Å². The van der Waals surface area contributed by atoms with E-state index < -0.39 is 0 Å². The molecule has 2 atom stereocenters. The Hall–Kier alpha value is -0.440. The molecule has 1 amide bonds. The fourth-order valence-electron chi connectivity index (χ4n) is 5.28. The van der Waals surface area contributed by atoms with Crippen molar-refractivity contribution < 1.29 is 26.0 Å². The lowest BCUT2D eigenvalue weighted by molar-refractivity contribution is -0.123. The molecule has 8 heteroatoms. The number of likely N-dealkylation sites (tertiary alicyclic amines) is 1. The molecule has 0 radical (unpaired) electrons. The van der Waals surface area contributed by atoms with E-state index in [4.69, 9.17) is 16.3 Å². The summed E-state index contributed by atoms with van der Waals surface area (Å²) in [6, 6.07) is 0.202. The molecule has 1 saturated heterocycles. The number of hydrogen-bond acceptors (Lipinski definition) is 3. The van der Waals surface area contributed by atoms with Gasteiger partial charge in [-0.05, 0) is 68.7 Å². The molecule has 0 aromatic carbocycles. The molecular formula is C24H53ClN2O5. The molecule has 7 N–H and O–H groups in total. The molecule has 2 rings (SSSR count). The molecule has 1 saturated carbocycles. The summed E-state index contributed by atoms with van der Waals surface area (Å²) in [5, 5.41) is 3.65. The maximum Gasteiger partial charge on any atom is 0.222 e. The van der Waals surface area contributed by atoms with Gasteiger partial charge in [-0.25, -0.2) is 0 Å². The highest BCUT2D eigenvalue weighted by molar-refractivity contribution is 6.20. The second kappa shape index (κ2) is 17.1. The molecular weight excluding hydrogens is 432 g/mol. The van der Waals surface area contributed by atoms with Crippen molar-refractivity contribution in [1.29, 1.82) is 0 Å². The molecule has 32 heavy (non-hydrogen) atoms. The van der Waals surface area contributed by atoms with Crippen molar-refractivity contribution in [2.75, 3.05) is 32.8 Å². The van der Waals surface area contributed by atoms with Crippen LogP contribution in [0.15, 0.2) is 0 Å². The third kappa shape index (κ3) is 11.1. The van der Waals surface area contributed by atoms with Gasteiger partial charge in [0.05, 0.1) is 6.61 Å². The number of piperidine rings is 1. The predicted octanol–water partition coefficient (Wildman–Crippen LogP) is 2.86. The summed E-state index contributed by atoms with van der Waals surface area (Å²) < 4.78 is 5.32. The molecule has 7 nitrogen and oxygen atoms in total. The van der Waals surface area contributed by atoms with Crippen LogP contribution in [0.3, 0.4) is 0 Å². The van der Waals surface area contributed by atoms with Gasteiger partial charge in [-0.1, -0.05) is 35.1 Å². The van der Waals surface area contributed by atoms with Crippen molar-refractivity contribution in [3.63, 3.8) is 0 Å². The van der Waals surface area contributed by atoms with E-state index in [1.54, 1.807) is 0 Å². The van der Waals surface area contributed by atoms with Crippen LogP contribution in [-0.4, -0.2) is 71.5 Å². The molecule has 0 bridgehead atoms. The van der Waals surface area contributed by atoms with Crippen molar-refractivity contribution in [1.82, 2.24) is 10.2 Å². The fourth-order valence-corrected chi connectivity index (χ4v) is 5.54. The van der Waals surface area contributed by atoms with Crippen LogP contribution in [0.25, 0.3) is 0 Å². The molecule has 0 aromatic heterocycles. The third-order valence-electron chi connectivity index (χ3n) is 6.95. The number of nitrogens with one attached hydrogen (secondary N) is 1. The number of carbonyl (C=O) groups is 1. The van der Waals surface area contributed by atoms with Crippen LogP contribution in [0.2, 0.25) is 0 Å². The van der Waals surface area contributed by atoms with Crippen LogP contribution < -0.4 is 5.32 Å². The Morgan fingerprint density at radius 2 is 1.72 bits per heavy atom. The zero-order valence-corrected chi connectivity index (χ0v) is 21.1. The van der Waals surface area contributed by atoms with Crippen LogP contribution in [0.1, 0.15) is 80.6 Å². The molecule has 2 fully saturated rings. The molecule has 2 aliphatic rings. The topological polar surface area (TPSA) is 136 Å². The fraction of sp³-hybridized carbons (Fsp3) is 0.958. The van der Waals surface area contributed by atoms with Gasteiger partial charge in [0, 0.05) is 37.5 Å². The molecule has 0 spiro atoms. The van der Waals surface area contributed by atoms with Crippen molar-refractivity contribution in [3.8, 4) is 0 Å². The van der Waals surface area contributed by atoms with Gasteiger partial charge in [-0.2, -0.15) is 0 Å². The highest BCUT2D eigenvalue weighted by Gasteiger charge is 2.41. The highest BCUT2D eigenvalue weighted by Crippen LogP contribution is 2.45. The molecule has 1 aliphatic carbocycles. The smallest absolute Gasteiger partial charge is 0.222 e. The first-order valence-electron chi connectivity index (χ1n) is 11.5.